The zero-order valence-electron chi connectivity index (χ0n) is 14.7. The molecule has 1 fully saturated rings. The zero-order chi connectivity index (χ0) is 17.6. The van der Waals surface area contributed by atoms with Crippen molar-refractivity contribution in [2.45, 2.75) is 49.1 Å². The smallest absolute Gasteiger partial charge is 0.235 e. The lowest BCUT2D eigenvalue weighted by atomic mass is 10.2. The van der Waals surface area contributed by atoms with Crippen molar-refractivity contribution in [2.24, 2.45) is 0 Å². The maximum Gasteiger partial charge on any atom is 0.235 e. The summed E-state index contributed by atoms with van der Waals surface area (Å²) in [6.07, 6.45) is 4.70. The Morgan fingerprint density at radius 2 is 2.00 bits per heavy atom. The summed E-state index contributed by atoms with van der Waals surface area (Å²) in [5.74, 6) is 0.218. The van der Waals surface area contributed by atoms with Gasteiger partial charge in [-0.3, -0.25) is 4.79 Å². The largest absolute Gasteiger partial charge is 0.342 e. The van der Waals surface area contributed by atoms with Crippen molar-refractivity contribution in [1.82, 2.24) is 15.1 Å². The predicted octanol–water partition coefficient (Wildman–Crippen LogP) is 4.47. The molecular formula is C18H24N4OS2. The highest BCUT2D eigenvalue weighted by Gasteiger charge is 2.23. The van der Waals surface area contributed by atoms with E-state index >= 15 is 0 Å². The van der Waals surface area contributed by atoms with Crippen LogP contribution in [0.3, 0.4) is 0 Å². The molecule has 3 rings (SSSR count). The van der Waals surface area contributed by atoms with Gasteiger partial charge in [0.25, 0.3) is 0 Å². The molecule has 1 saturated heterocycles. The Balaban J connectivity index is 1.57. The predicted molar refractivity (Wildman–Crippen MR) is 105 cm³/mol. The molecule has 1 aromatic heterocycles. The first-order chi connectivity index (χ1) is 12.1. The monoisotopic (exact) mass is 376 g/mol. The number of aryl methyl sites for hydroxylation is 1. The number of carbonyl (C=O) groups is 1. The number of carbonyl (C=O) groups excluding carboxylic acids is 1. The molecule has 0 saturated carbocycles. The van der Waals surface area contributed by atoms with Gasteiger partial charge in [0.15, 0.2) is 4.34 Å². The molecule has 25 heavy (non-hydrogen) atoms. The van der Waals surface area contributed by atoms with Crippen LogP contribution >= 0.6 is 23.1 Å². The van der Waals surface area contributed by atoms with Crippen molar-refractivity contribution >= 4 is 39.8 Å². The molecule has 0 unspecified atom stereocenters. The van der Waals surface area contributed by atoms with Gasteiger partial charge in [-0.1, -0.05) is 48.1 Å². The molecule has 134 valence electrons. The fourth-order valence-electron chi connectivity index (χ4n) is 2.90. The summed E-state index contributed by atoms with van der Waals surface area (Å²) in [6.45, 7) is 5.80. The molecular weight excluding hydrogens is 352 g/mol. The van der Waals surface area contributed by atoms with Gasteiger partial charge in [0, 0.05) is 18.8 Å². The lowest BCUT2D eigenvalue weighted by Gasteiger charge is -2.23. The molecule has 2 heterocycles. The first-order valence-electron chi connectivity index (χ1n) is 8.74. The van der Waals surface area contributed by atoms with E-state index in [-0.39, 0.29) is 11.2 Å². The van der Waals surface area contributed by atoms with Crippen molar-refractivity contribution in [1.29, 1.82) is 0 Å². The Bertz CT molecular complexity index is 711. The molecule has 1 atom stereocenters. The minimum atomic E-state index is -0.127. The number of aromatic nitrogens is 2. The van der Waals surface area contributed by atoms with Gasteiger partial charge in [0.1, 0.15) is 0 Å². The molecule has 0 radical (unpaired) electrons. The van der Waals surface area contributed by atoms with E-state index in [1.54, 1.807) is 0 Å². The first kappa shape index (κ1) is 18.2. The van der Waals surface area contributed by atoms with Crippen LogP contribution in [0.1, 0.15) is 38.2 Å². The van der Waals surface area contributed by atoms with Crippen molar-refractivity contribution in [3.8, 4) is 0 Å². The number of hydrogen-bond acceptors (Lipinski definition) is 6. The van der Waals surface area contributed by atoms with Gasteiger partial charge in [-0.2, -0.15) is 0 Å². The summed E-state index contributed by atoms with van der Waals surface area (Å²) in [5.41, 5.74) is 2.20. The number of hydrogen-bond donors (Lipinski definition) is 1. The molecule has 1 aliphatic heterocycles. The number of nitrogens with zero attached hydrogens (tertiary/aromatic N) is 3. The van der Waals surface area contributed by atoms with Crippen molar-refractivity contribution < 1.29 is 4.79 Å². The van der Waals surface area contributed by atoms with Gasteiger partial charge in [0.05, 0.1) is 5.25 Å². The Morgan fingerprint density at radius 3 is 2.72 bits per heavy atom. The average Bonchev–Trinajstić information content (AvgIpc) is 2.85. The van der Waals surface area contributed by atoms with E-state index in [0.29, 0.717) is 0 Å². The molecule has 1 aromatic carbocycles. The highest BCUT2D eigenvalue weighted by molar-refractivity contribution is 8.02. The van der Waals surface area contributed by atoms with E-state index in [4.69, 9.17) is 0 Å². The molecule has 1 aliphatic rings. The van der Waals surface area contributed by atoms with Gasteiger partial charge >= 0.3 is 0 Å². The number of amides is 1. The van der Waals surface area contributed by atoms with Crippen LogP contribution < -0.4 is 5.32 Å². The number of nitrogens with one attached hydrogen (secondary N) is 1. The minimum absolute atomic E-state index is 0.127. The summed E-state index contributed by atoms with van der Waals surface area (Å²) in [5, 5.41) is 12.3. The van der Waals surface area contributed by atoms with E-state index in [9.17, 15) is 4.79 Å². The Hall–Kier alpha value is -1.60. The number of benzene rings is 1. The first-order valence-corrected chi connectivity index (χ1v) is 10.4. The van der Waals surface area contributed by atoms with E-state index in [0.717, 1.165) is 41.1 Å². The van der Waals surface area contributed by atoms with Crippen molar-refractivity contribution in [2.75, 3.05) is 18.4 Å². The van der Waals surface area contributed by atoms with Crippen LogP contribution in [-0.2, 0) is 4.79 Å². The maximum atomic E-state index is 12.6. The summed E-state index contributed by atoms with van der Waals surface area (Å²) >= 11 is 2.99. The quantitative estimate of drug-likeness (QED) is 0.780. The second-order valence-corrected chi connectivity index (χ2v) is 8.93. The van der Waals surface area contributed by atoms with Crippen LogP contribution in [0.15, 0.2) is 28.6 Å². The number of thioether (sulfide) groups is 1. The third-order valence-electron chi connectivity index (χ3n) is 4.22. The zero-order valence-corrected chi connectivity index (χ0v) is 16.3. The van der Waals surface area contributed by atoms with Crippen LogP contribution in [0, 0.1) is 6.92 Å². The second-order valence-electron chi connectivity index (χ2n) is 6.37. The lowest BCUT2D eigenvalue weighted by Crippen LogP contribution is -2.37. The number of likely N-dealkylation sites (tertiary alicyclic amines) is 1. The molecule has 1 amide bonds. The SMILES string of the molecule is Cc1cccc(Nc2nnc(S[C@H](C)C(=O)N3CCCCCC3)s2)c1. The third-order valence-corrected chi connectivity index (χ3v) is 6.23. The van der Waals surface area contributed by atoms with Crippen LogP contribution in [0.2, 0.25) is 0 Å². The molecule has 7 heteroatoms. The van der Waals surface area contributed by atoms with Crippen LogP contribution in [-0.4, -0.2) is 39.3 Å². The van der Waals surface area contributed by atoms with Gasteiger partial charge in [-0.25, -0.2) is 0 Å². The summed E-state index contributed by atoms with van der Waals surface area (Å²) in [7, 11) is 0. The van der Waals surface area contributed by atoms with Crippen LogP contribution in [0.25, 0.3) is 0 Å². The topological polar surface area (TPSA) is 58.1 Å². The molecule has 0 spiro atoms. The van der Waals surface area contributed by atoms with E-state index < -0.39 is 0 Å². The summed E-state index contributed by atoms with van der Waals surface area (Å²) in [6, 6.07) is 8.14. The van der Waals surface area contributed by atoms with Crippen LogP contribution in [0.4, 0.5) is 10.8 Å². The Kier molecular flexibility index (Phi) is 6.31. The van der Waals surface area contributed by atoms with E-state index in [1.165, 1.54) is 41.5 Å². The molecule has 2 aromatic rings. The fraction of sp³-hybridized carbons (Fsp3) is 0.500. The highest BCUT2D eigenvalue weighted by atomic mass is 32.2. The summed E-state index contributed by atoms with van der Waals surface area (Å²) < 4.78 is 0.825. The molecule has 5 nitrogen and oxygen atoms in total. The normalized spacial score (nSPS) is 16.3. The second kappa shape index (κ2) is 8.67. The molecule has 0 aliphatic carbocycles. The lowest BCUT2D eigenvalue weighted by molar-refractivity contribution is -0.130. The van der Waals surface area contributed by atoms with Gasteiger partial charge in [0.2, 0.25) is 11.0 Å². The van der Waals surface area contributed by atoms with Gasteiger partial charge < -0.3 is 10.2 Å². The number of rotatable bonds is 5. The van der Waals surface area contributed by atoms with Crippen LogP contribution in [0.5, 0.6) is 0 Å². The van der Waals surface area contributed by atoms with Crippen molar-refractivity contribution in [3.05, 3.63) is 29.8 Å². The minimum Gasteiger partial charge on any atom is -0.342 e. The number of anilines is 2. The van der Waals surface area contributed by atoms with Gasteiger partial charge in [-0.15, -0.1) is 10.2 Å². The average molecular weight is 377 g/mol. The summed E-state index contributed by atoms with van der Waals surface area (Å²) in [4.78, 5) is 14.6. The Labute approximate surface area is 157 Å². The van der Waals surface area contributed by atoms with Gasteiger partial charge in [-0.05, 0) is 44.4 Å². The Morgan fingerprint density at radius 1 is 1.24 bits per heavy atom. The highest BCUT2D eigenvalue weighted by Crippen LogP contribution is 2.31. The standard InChI is InChI=1S/C18H24N4OS2/c1-13-8-7-9-15(12-13)19-17-20-21-18(25-17)24-14(2)16(23)22-10-5-3-4-6-11-22/h7-9,12,14H,3-6,10-11H2,1-2H3,(H,19,20)/t14-/m1/s1. The van der Waals surface area contributed by atoms with E-state index in [2.05, 4.69) is 34.6 Å². The van der Waals surface area contributed by atoms with E-state index in [1.807, 2.05) is 24.0 Å². The molecule has 0 bridgehead atoms. The third kappa shape index (κ3) is 5.19. The fourth-order valence-corrected chi connectivity index (χ4v) is 4.90. The van der Waals surface area contributed by atoms with Crippen molar-refractivity contribution in [3.63, 3.8) is 0 Å². The molecule has 1 N–H and O–H groups in total. The maximum absolute atomic E-state index is 12.6.